The third-order valence-electron chi connectivity index (χ3n) is 4.63. The molecular weight excluding hydrogens is 386 g/mol. The summed E-state index contributed by atoms with van der Waals surface area (Å²) in [6.07, 6.45) is -0.195. The summed E-state index contributed by atoms with van der Waals surface area (Å²) < 4.78 is 10.5. The summed E-state index contributed by atoms with van der Waals surface area (Å²) in [6, 6.07) is 16.1. The van der Waals surface area contributed by atoms with Crippen molar-refractivity contribution in [1.82, 2.24) is 4.90 Å². The summed E-state index contributed by atoms with van der Waals surface area (Å²) in [5, 5.41) is 9.53. The number of carbonyl (C=O) groups excluding carboxylic acids is 2. The Morgan fingerprint density at radius 1 is 0.933 bits per heavy atom. The molecule has 0 saturated heterocycles. The molecule has 2 atom stereocenters. The van der Waals surface area contributed by atoms with Gasteiger partial charge in [-0.2, -0.15) is 0 Å². The van der Waals surface area contributed by atoms with Crippen molar-refractivity contribution < 1.29 is 29.0 Å². The second kappa shape index (κ2) is 11.6. The Labute approximate surface area is 176 Å². The van der Waals surface area contributed by atoms with Crippen molar-refractivity contribution in [2.45, 2.75) is 45.4 Å². The van der Waals surface area contributed by atoms with Gasteiger partial charge in [-0.05, 0) is 37.8 Å². The van der Waals surface area contributed by atoms with Crippen molar-refractivity contribution >= 4 is 18.0 Å². The van der Waals surface area contributed by atoms with E-state index in [1.165, 1.54) is 6.92 Å². The highest BCUT2D eigenvalue weighted by Crippen LogP contribution is 2.18. The van der Waals surface area contributed by atoms with E-state index in [1.54, 1.807) is 19.1 Å². The van der Waals surface area contributed by atoms with Crippen molar-refractivity contribution in [2.75, 3.05) is 6.61 Å². The minimum atomic E-state index is -1.27. The lowest BCUT2D eigenvalue weighted by molar-refractivity contribution is -0.153. The van der Waals surface area contributed by atoms with E-state index in [0.717, 1.165) is 16.0 Å². The molecule has 2 unspecified atom stereocenters. The molecular formula is C23H27NO6. The molecule has 7 nitrogen and oxygen atoms in total. The lowest BCUT2D eigenvalue weighted by Crippen LogP contribution is -2.53. The number of carboxylic acids is 1. The monoisotopic (exact) mass is 413 g/mol. The van der Waals surface area contributed by atoms with Gasteiger partial charge in [-0.1, -0.05) is 60.7 Å². The zero-order valence-electron chi connectivity index (χ0n) is 17.2. The molecule has 0 aromatic heterocycles. The summed E-state index contributed by atoms with van der Waals surface area (Å²) in [4.78, 5) is 38.1. The number of hydrogen-bond donors (Lipinski definition) is 1. The van der Waals surface area contributed by atoms with Crippen LogP contribution in [0.4, 0.5) is 4.79 Å². The molecule has 0 aliphatic heterocycles. The number of ether oxygens (including phenoxy) is 2. The quantitative estimate of drug-likeness (QED) is 0.598. The van der Waals surface area contributed by atoms with Crippen LogP contribution in [-0.2, 0) is 32.1 Å². The molecule has 30 heavy (non-hydrogen) atoms. The van der Waals surface area contributed by atoms with Gasteiger partial charge in [0.1, 0.15) is 18.7 Å². The van der Waals surface area contributed by atoms with Crippen molar-refractivity contribution in [1.29, 1.82) is 0 Å². The van der Waals surface area contributed by atoms with Crippen LogP contribution in [0.5, 0.6) is 0 Å². The number of amides is 1. The first-order valence-electron chi connectivity index (χ1n) is 9.86. The number of aryl methyl sites for hydroxylation is 1. The highest BCUT2D eigenvalue weighted by atomic mass is 16.6. The van der Waals surface area contributed by atoms with Crippen molar-refractivity contribution in [3.63, 3.8) is 0 Å². The van der Waals surface area contributed by atoms with Crippen LogP contribution in [0.1, 0.15) is 31.4 Å². The fourth-order valence-electron chi connectivity index (χ4n) is 3.03. The van der Waals surface area contributed by atoms with Gasteiger partial charge in [0, 0.05) is 0 Å². The smallest absolute Gasteiger partial charge is 0.411 e. The molecule has 0 aliphatic rings. The fourth-order valence-corrected chi connectivity index (χ4v) is 3.03. The van der Waals surface area contributed by atoms with Gasteiger partial charge in [-0.3, -0.25) is 4.90 Å². The number of nitrogens with zero attached hydrogens (tertiary/aromatic N) is 1. The van der Waals surface area contributed by atoms with E-state index in [9.17, 15) is 19.5 Å². The molecule has 160 valence electrons. The largest absolute Gasteiger partial charge is 0.480 e. The maximum absolute atomic E-state index is 12.9. The molecule has 0 bridgehead atoms. The molecule has 2 aromatic carbocycles. The first-order valence-corrected chi connectivity index (χ1v) is 9.86. The van der Waals surface area contributed by atoms with E-state index in [-0.39, 0.29) is 19.6 Å². The Morgan fingerprint density at radius 3 is 2.03 bits per heavy atom. The first kappa shape index (κ1) is 22.9. The minimum absolute atomic E-state index is 0.0310. The fraction of sp³-hybridized carbons (Fsp3) is 0.348. The van der Waals surface area contributed by atoms with Gasteiger partial charge in [-0.15, -0.1) is 0 Å². The van der Waals surface area contributed by atoms with Crippen LogP contribution < -0.4 is 0 Å². The third kappa shape index (κ3) is 6.62. The molecule has 2 aromatic rings. The van der Waals surface area contributed by atoms with Gasteiger partial charge in [0.15, 0.2) is 0 Å². The van der Waals surface area contributed by atoms with Crippen LogP contribution in [0, 0.1) is 0 Å². The summed E-state index contributed by atoms with van der Waals surface area (Å²) in [6.45, 7) is 3.09. The molecule has 1 N–H and O–H groups in total. The molecule has 1 amide bonds. The van der Waals surface area contributed by atoms with E-state index in [4.69, 9.17) is 9.47 Å². The Balaban J connectivity index is 2.23. The second-order valence-corrected chi connectivity index (χ2v) is 6.75. The lowest BCUT2D eigenvalue weighted by atomic mass is 10.0. The molecule has 0 spiro atoms. The van der Waals surface area contributed by atoms with Crippen molar-refractivity contribution in [2.24, 2.45) is 0 Å². The Hall–Kier alpha value is -3.35. The Bertz CT molecular complexity index is 824. The highest BCUT2D eigenvalue weighted by molar-refractivity contribution is 5.86. The topological polar surface area (TPSA) is 93.1 Å². The van der Waals surface area contributed by atoms with Gasteiger partial charge >= 0.3 is 18.0 Å². The Kier molecular flexibility index (Phi) is 8.87. The van der Waals surface area contributed by atoms with Gasteiger partial charge in [0.2, 0.25) is 0 Å². The van der Waals surface area contributed by atoms with Gasteiger partial charge in [0.05, 0.1) is 6.61 Å². The standard InChI is InChI=1S/C23H27NO6/c1-3-29-22(27)20(15-14-18-10-6-4-7-11-18)24(17(2)21(25)26)23(28)30-16-19-12-8-5-9-13-19/h4-13,17,20H,3,14-16H2,1-2H3,(H,25,26). The number of hydrogen-bond acceptors (Lipinski definition) is 5. The maximum Gasteiger partial charge on any atom is 0.411 e. The highest BCUT2D eigenvalue weighted by Gasteiger charge is 2.38. The maximum atomic E-state index is 12.9. The zero-order chi connectivity index (χ0) is 21.9. The van der Waals surface area contributed by atoms with E-state index >= 15 is 0 Å². The average molecular weight is 413 g/mol. The van der Waals surface area contributed by atoms with Gasteiger partial charge in [-0.25, -0.2) is 14.4 Å². The zero-order valence-corrected chi connectivity index (χ0v) is 17.2. The van der Waals surface area contributed by atoms with Gasteiger partial charge < -0.3 is 14.6 Å². The summed E-state index contributed by atoms with van der Waals surface area (Å²) in [5.41, 5.74) is 1.72. The van der Waals surface area contributed by atoms with Crippen LogP contribution >= 0.6 is 0 Å². The molecule has 0 aliphatic carbocycles. The van der Waals surface area contributed by atoms with Crippen LogP contribution in [0.15, 0.2) is 60.7 Å². The van der Waals surface area contributed by atoms with Crippen LogP contribution in [0.2, 0.25) is 0 Å². The normalized spacial score (nSPS) is 12.5. The number of carboxylic acid groups (broad SMARTS) is 1. The number of esters is 1. The molecule has 0 heterocycles. The Morgan fingerprint density at radius 2 is 1.50 bits per heavy atom. The molecule has 7 heteroatoms. The minimum Gasteiger partial charge on any atom is -0.480 e. The van der Waals surface area contributed by atoms with Crippen LogP contribution in [-0.4, -0.2) is 46.7 Å². The van der Waals surface area contributed by atoms with Crippen LogP contribution in [0.25, 0.3) is 0 Å². The molecule has 0 saturated carbocycles. The SMILES string of the molecule is CCOC(=O)C(CCc1ccccc1)N(C(=O)OCc1ccccc1)C(C)C(=O)O. The number of carbonyl (C=O) groups is 3. The van der Waals surface area contributed by atoms with E-state index in [2.05, 4.69) is 0 Å². The number of aliphatic carboxylic acids is 1. The predicted molar refractivity (Wildman–Crippen MR) is 111 cm³/mol. The molecule has 2 rings (SSSR count). The lowest BCUT2D eigenvalue weighted by Gasteiger charge is -2.32. The number of rotatable bonds is 10. The van der Waals surface area contributed by atoms with Crippen LogP contribution in [0.3, 0.4) is 0 Å². The van der Waals surface area contributed by atoms with E-state index < -0.39 is 30.1 Å². The molecule has 0 radical (unpaired) electrons. The third-order valence-corrected chi connectivity index (χ3v) is 4.63. The summed E-state index contributed by atoms with van der Waals surface area (Å²) in [5.74, 6) is -1.89. The molecule has 0 fully saturated rings. The first-order chi connectivity index (χ1) is 14.4. The second-order valence-electron chi connectivity index (χ2n) is 6.75. The predicted octanol–water partition coefficient (Wildman–Crippen LogP) is 3.66. The van der Waals surface area contributed by atoms with Crippen molar-refractivity contribution in [3.05, 3.63) is 71.8 Å². The summed E-state index contributed by atoms with van der Waals surface area (Å²) in [7, 11) is 0. The van der Waals surface area contributed by atoms with Gasteiger partial charge in [0.25, 0.3) is 0 Å². The van der Waals surface area contributed by atoms with E-state index in [1.807, 2.05) is 48.5 Å². The summed E-state index contributed by atoms with van der Waals surface area (Å²) >= 11 is 0. The van der Waals surface area contributed by atoms with Crippen molar-refractivity contribution in [3.8, 4) is 0 Å². The van der Waals surface area contributed by atoms with E-state index in [0.29, 0.717) is 6.42 Å². The average Bonchev–Trinajstić information content (AvgIpc) is 2.76. The number of benzene rings is 2.